The zero-order valence-electron chi connectivity index (χ0n) is 10.5. The first-order chi connectivity index (χ1) is 9.06. The molecular weight excluding hydrogens is 330 g/mol. The molecule has 4 nitrogen and oxygen atoms in total. The van der Waals surface area contributed by atoms with Crippen molar-refractivity contribution in [2.75, 3.05) is 6.54 Å². The topological polar surface area (TPSA) is 50.1 Å². The number of nitrogens with one attached hydrogen (secondary N) is 1. The van der Waals surface area contributed by atoms with Gasteiger partial charge in [0.1, 0.15) is 0 Å². The first kappa shape index (κ1) is 14.5. The molecule has 19 heavy (non-hydrogen) atoms. The Morgan fingerprint density at radius 3 is 2.68 bits per heavy atom. The highest BCUT2D eigenvalue weighted by Crippen LogP contribution is 2.17. The van der Waals surface area contributed by atoms with E-state index in [2.05, 4.69) is 26.3 Å². The molecule has 0 spiro atoms. The number of hydrogen-bond acceptors (Lipinski definition) is 3. The molecule has 2 aromatic rings. The van der Waals surface area contributed by atoms with Crippen LogP contribution < -0.4 is 5.32 Å². The fraction of sp³-hybridized carbons (Fsp3) is 0.308. The van der Waals surface area contributed by atoms with E-state index in [0.29, 0.717) is 18.1 Å². The van der Waals surface area contributed by atoms with Crippen LogP contribution in [0.25, 0.3) is 0 Å². The van der Waals surface area contributed by atoms with Gasteiger partial charge in [0.05, 0.1) is 16.8 Å². The summed E-state index contributed by atoms with van der Waals surface area (Å²) < 4.78 is 2.67. The van der Waals surface area contributed by atoms with Crippen LogP contribution in [0.1, 0.15) is 17.4 Å². The van der Waals surface area contributed by atoms with Crippen LogP contribution in [0.2, 0.25) is 5.02 Å². The first-order valence-electron chi connectivity index (χ1n) is 5.88. The number of halogens is 2. The Morgan fingerprint density at radius 1 is 1.42 bits per heavy atom. The molecule has 0 bridgehead atoms. The average Bonchev–Trinajstić information content (AvgIpc) is 2.68. The van der Waals surface area contributed by atoms with E-state index >= 15 is 0 Å². The molecule has 1 aromatic carbocycles. The van der Waals surface area contributed by atoms with Gasteiger partial charge < -0.3 is 10.4 Å². The predicted molar refractivity (Wildman–Crippen MR) is 79.0 cm³/mol. The van der Waals surface area contributed by atoms with Gasteiger partial charge in [-0.25, -0.2) is 0 Å². The maximum Gasteiger partial charge on any atom is 0.0948 e. The maximum absolute atomic E-state index is 10.0. The standard InChI is InChI=1S/C13H15BrClN3O/c1-18-8-11(15)12(17-18)6-16-7-13(19)9-2-4-10(14)5-3-9/h2-5,8,13,16,19H,6-7H2,1H3/t13-/m0/s1. The number of benzene rings is 1. The molecule has 0 saturated heterocycles. The van der Waals surface area contributed by atoms with Crippen molar-refractivity contribution in [2.45, 2.75) is 12.6 Å². The van der Waals surface area contributed by atoms with Gasteiger partial charge in [-0.1, -0.05) is 39.7 Å². The van der Waals surface area contributed by atoms with Gasteiger partial charge in [0, 0.05) is 30.8 Å². The third-order valence-corrected chi connectivity index (χ3v) is 3.58. The summed E-state index contributed by atoms with van der Waals surface area (Å²) in [6, 6.07) is 7.61. The number of hydrogen-bond donors (Lipinski definition) is 2. The molecule has 1 heterocycles. The number of aromatic nitrogens is 2. The van der Waals surface area contributed by atoms with E-state index in [4.69, 9.17) is 11.6 Å². The molecule has 0 aliphatic rings. The number of aliphatic hydroxyl groups excluding tert-OH is 1. The largest absolute Gasteiger partial charge is 0.387 e. The molecule has 0 radical (unpaired) electrons. The lowest BCUT2D eigenvalue weighted by Gasteiger charge is -2.11. The van der Waals surface area contributed by atoms with E-state index in [0.717, 1.165) is 15.7 Å². The second-order valence-electron chi connectivity index (χ2n) is 4.30. The lowest BCUT2D eigenvalue weighted by atomic mass is 10.1. The van der Waals surface area contributed by atoms with Crippen molar-refractivity contribution in [3.63, 3.8) is 0 Å². The minimum atomic E-state index is -0.546. The molecule has 2 rings (SSSR count). The smallest absolute Gasteiger partial charge is 0.0948 e. The monoisotopic (exact) mass is 343 g/mol. The fourth-order valence-corrected chi connectivity index (χ4v) is 2.27. The summed E-state index contributed by atoms with van der Waals surface area (Å²) >= 11 is 9.37. The third kappa shape index (κ3) is 4.04. The molecule has 1 aromatic heterocycles. The highest BCUT2D eigenvalue weighted by atomic mass is 79.9. The van der Waals surface area contributed by atoms with Gasteiger partial charge in [-0.15, -0.1) is 0 Å². The van der Waals surface area contributed by atoms with Crippen LogP contribution >= 0.6 is 27.5 Å². The van der Waals surface area contributed by atoms with Gasteiger partial charge in [0.2, 0.25) is 0 Å². The van der Waals surface area contributed by atoms with Crippen molar-refractivity contribution in [3.8, 4) is 0 Å². The lowest BCUT2D eigenvalue weighted by molar-refractivity contribution is 0.174. The molecule has 0 fully saturated rings. The van der Waals surface area contributed by atoms with Crippen molar-refractivity contribution < 1.29 is 5.11 Å². The normalized spacial score (nSPS) is 12.6. The summed E-state index contributed by atoms with van der Waals surface area (Å²) in [7, 11) is 1.83. The molecule has 0 aliphatic heterocycles. The number of rotatable bonds is 5. The van der Waals surface area contributed by atoms with Gasteiger partial charge in [0.25, 0.3) is 0 Å². The van der Waals surface area contributed by atoms with Gasteiger partial charge in [-0.3, -0.25) is 4.68 Å². The van der Waals surface area contributed by atoms with E-state index < -0.39 is 6.10 Å². The SMILES string of the molecule is Cn1cc(Cl)c(CNC[C@H](O)c2ccc(Br)cc2)n1. The van der Waals surface area contributed by atoms with Gasteiger partial charge in [0.15, 0.2) is 0 Å². The zero-order valence-corrected chi connectivity index (χ0v) is 12.8. The van der Waals surface area contributed by atoms with Gasteiger partial charge in [-0.05, 0) is 17.7 Å². The molecule has 102 valence electrons. The third-order valence-electron chi connectivity index (χ3n) is 2.74. The van der Waals surface area contributed by atoms with E-state index in [1.165, 1.54) is 0 Å². The van der Waals surface area contributed by atoms with Crippen molar-refractivity contribution >= 4 is 27.5 Å². The van der Waals surface area contributed by atoms with Gasteiger partial charge >= 0.3 is 0 Å². The molecular formula is C13H15BrClN3O. The Bertz CT molecular complexity index is 541. The maximum atomic E-state index is 10.0. The van der Waals surface area contributed by atoms with Crippen LogP contribution in [-0.2, 0) is 13.6 Å². The van der Waals surface area contributed by atoms with E-state index in [9.17, 15) is 5.11 Å². The second-order valence-corrected chi connectivity index (χ2v) is 5.62. The highest BCUT2D eigenvalue weighted by Gasteiger charge is 2.09. The van der Waals surface area contributed by atoms with Crippen LogP contribution in [-0.4, -0.2) is 21.4 Å². The Morgan fingerprint density at radius 2 is 2.11 bits per heavy atom. The minimum Gasteiger partial charge on any atom is -0.387 e. The molecule has 0 unspecified atom stereocenters. The number of nitrogens with zero attached hydrogens (tertiary/aromatic N) is 2. The van der Waals surface area contributed by atoms with Crippen LogP contribution in [0, 0.1) is 0 Å². The van der Waals surface area contributed by atoms with E-state index in [1.54, 1.807) is 10.9 Å². The van der Waals surface area contributed by atoms with Gasteiger partial charge in [-0.2, -0.15) is 5.10 Å². The lowest BCUT2D eigenvalue weighted by Crippen LogP contribution is -2.21. The summed E-state index contributed by atoms with van der Waals surface area (Å²) in [6.45, 7) is 0.988. The van der Waals surface area contributed by atoms with Crippen LogP contribution in [0.5, 0.6) is 0 Å². The summed E-state index contributed by atoms with van der Waals surface area (Å²) in [6.07, 6.45) is 1.21. The quantitative estimate of drug-likeness (QED) is 0.877. The van der Waals surface area contributed by atoms with Crippen molar-refractivity contribution in [1.29, 1.82) is 0 Å². The number of aryl methyl sites for hydroxylation is 1. The van der Waals surface area contributed by atoms with Crippen molar-refractivity contribution in [1.82, 2.24) is 15.1 Å². The number of aliphatic hydroxyl groups is 1. The van der Waals surface area contributed by atoms with E-state index in [-0.39, 0.29) is 0 Å². The minimum absolute atomic E-state index is 0.453. The Kier molecular flexibility index (Phi) is 4.99. The summed E-state index contributed by atoms with van der Waals surface area (Å²) in [5.74, 6) is 0. The van der Waals surface area contributed by atoms with Crippen LogP contribution in [0.15, 0.2) is 34.9 Å². The summed E-state index contributed by atoms with van der Waals surface area (Å²) in [4.78, 5) is 0. The Labute approximate surface area is 125 Å². The van der Waals surface area contributed by atoms with Crippen molar-refractivity contribution in [2.24, 2.45) is 7.05 Å². The molecule has 0 saturated carbocycles. The molecule has 6 heteroatoms. The molecule has 0 aliphatic carbocycles. The van der Waals surface area contributed by atoms with E-state index in [1.807, 2.05) is 31.3 Å². The molecule has 2 N–H and O–H groups in total. The highest BCUT2D eigenvalue weighted by molar-refractivity contribution is 9.10. The summed E-state index contributed by atoms with van der Waals surface area (Å²) in [5, 5.41) is 18.0. The Hall–Kier alpha value is -0.880. The molecule has 1 atom stereocenters. The zero-order chi connectivity index (χ0) is 13.8. The first-order valence-corrected chi connectivity index (χ1v) is 7.05. The summed E-state index contributed by atoms with van der Waals surface area (Å²) in [5.41, 5.74) is 1.66. The Balaban J connectivity index is 1.85. The predicted octanol–water partition coefficient (Wildman–Crippen LogP) is 2.66. The van der Waals surface area contributed by atoms with Crippen molar-refractivity contribution in [3.05, 3.63) is 51.2 Å². The second kappa shape index (κ2) is 6.52. The fourth-order valence-electron chi connectivity index (χ4n) is 1.76. The average molecular weight is 345 g/mol. The van der Waals surface area contributed by atoms with Crippen LogP contribution in [0.4, 0.5) is 0 Å². The van der Waals surface area contributed by atoms with Crippen LogP contribution in [0.3, 0.4) is 0 Å². The molecule has 0 amide bonds.